The number of fused-ring (bicyclic) bond motifs is 10. The summed E-state index contributed by atoms with van der Waals surface area (Å²) in [7, 11) is 0. The van der Waals surface area contributed by atoms with E-state index in [4.69, 9.17) is 20.9 Å². The molecule has 0 aromatic heterocycles. The largest absolute Gasteiger partial charge is 0.462 e. The van der Waals surface area contributed by atoms with Crippen LogP contribution in [0.4, 0.5) is 0 Å². The fourth-order valence-corrected chi connectivity index (χ4v) is 11.3. The minimum Gasteiger partial charge on any atom is -0.462 e. The van der Waals surface area contributed by atoms with E-state index in [1.165, 1.54) is 51.4 Å². The zero-order valence-corrected chi connectivity index (χ0v) is 24.4. The van der Waals surface area contributed by atoms with E-state index in [2.05, 4.69) is 10.6 Å². The Labute approximate surface area is 240 Å². The van der Waals surface area contributed by atoms with Crippen LogP contribution in [0.5, 0.6) is 0 Å². The second-order valence-corrected chi connectivity index (χ2v) is 14.3. The minimum atomic E-state index is -0.229. The van der Waals surface area contributed by atoms with Gasteiger partial charge in [0.1, 0.15) is 13.2 Å². The van der Waals surface area contributed by atoms with Gasteiger partial charge in [-0.05, 0) is 149 Å². The predicted molar refractivity (Wildman–Crippen MR) is 154 cm³/mol. The van der Waals surface area contributed by atoms with Crippen molar-refractivity contribution in [2.24, 2.45) is 82.5 Å². The summed E-state index contributed by atoms with van der Waals surface area (Å²) in [5, 5.41) is 7.02. The van der Waals surface area contributed by atoms with Crippen LogP contribution in [0, 0.1) is 71.0 Å². The summed E-state index contributed by atoms with van der Waals surface area (Å²) in [6, 6.07) is 0. The maximum atomic E-state index is 12.1. The first-order valence-corrected chi connectivity index (χ1v) is 16.7. The molecule has 8 heteroatoms. The highest BCUT2D eigenvalue weighted by Crippen LogP contribution is 2.63. The Kier molecular flexibility index (Phi) is 9.36. The van der Waals surface area contributed by atoms with Gasteiger partial charge in [-0.1, -0.05) is 0 Å². The molecule has 12 unspecified atom stereocenters. The van der Waals surface area contributed by atoms with Crippen LogP contribution in [0.1, 0.15) is 64.2 Å². The minimum absolute atomic E-state index is 0.132. The molecule has 12 atom stereocenters. The highest BCUT2D eigenvalue weighted by atomic mass is 16.6. The first-order chi connectivity index (χ1) is 19.6. The van der Waals surface area contributed by atoms with Gasteiger partial charge in [0, 0.05) is 13.1 Å². The van der Waals surface area contributed by atoms with E-state index in [9.17, 15) is 9.59 Å². The molecular weight excluding hydrogens is 504 g/mol. The average molecular weight is 559 g/mol. The SMILES string of the molecule is NCC1CC2CC1C1CCC(CNCCC(=O)OCCOC(=O)CCNCC3CC4CC3C3CCC(CN)C43)C21. The van der Waals surface area contributed by atoms with Crippen LogP contribution < -0.4 is 22.1 Å². The molecule has 0 aliphatic heterocycles. The molecule has 6 aliphatic rings. The fourth-order valence-electron chi connectivity index (χ4n) is 11.3. The Morgan fingerprint density at radius 1 is 0.600 bits per heavy atom. The quantitative estimate of drug-likeness (QED) is 0.178. The third-order valence-electron chi connectivity index (χ3n) is 12.6. The molecule has 6 fully saturated rings. The topological polar surface area (TPSA) is 129 Å². The van der Waals surface area contributed by atoms with Gasteiger partial charge in [-0.3, -0.25) is 9.59 Å². The summed E-state index contributed by atoms with van der Waals surface area (Å²) in [6.45, 7) is 5.31. The van der Waals surface area contributed by atoms with Crippen LogP contribution in [-0.2, 0) is 19.1 Å². The standard InChI is InChI=1S/C32H54N4O4/c33-15-19-1-3-26-28-14-22(31(19)26)12-24(28)18-36-8-6-30(38)40-10-9-39-29(37)5-7-35-17-20-2-4-25-27-13-21(32(20)25)11-23(27)16-34/h19-28,31-32,35-36H,1-18,33-34H2. The molecule has 0 amide bonds. The van der Waals surface area contributed by atoms with Crippen molar-refractivity contribution in [3.05, 3.63) is 0 Å². The van der Waals surface area contributed by atoms with Gasteiger partial charge in [0.25, 0.3) is 0 Å². The van der Waals surface area contributed by atoms with Crippen LogP contribution in [0.15, 0.2) is 0 Å². The second-order valence-electron chi connectivity index (χ2n) is 14.3. The van der Waals surface area contributed by atoms with Crippen molar-refractivity contribution >= 4 is 11.9 Å². The van der Waals surface area contributed by atoms with Crippen LogP contribution >= 0.6 is 0 Å². The Hall–Kier alpha value is -1.22. The molecule has 6 rings (SSSR count). The van der Waals surface area contributed by atoms with Crippen molar-refractivity contribution in [2.75, 3.05) is 52.5 Å². The summed E-state index contributed by atoms with van der Waals surface area (Å²) in [6.07, 6.45) is 11.6. The van der Waals surface area contributed by atoms with Crippen LogP contribution in [0.2, 0.25) is 0 Å². The number of nitrogens with two attached hydrogens (primary N) is 2. The molecular formula is C32H54N4O4. The number of hydrogen-bond acceptors (Lipinski definition) is 8. The van der Waals surface area contributed by atoms with Crippen molar-refractivity contribution in [2.45, 2.75) is 64.2 Å². The molecule has 6 N–H and O–H groups in total. The average Bonchev–Trinajstić information content (AvgIpc) is 3.79. The zero-order chi connectivity index (χ0) is 27.6. The third-order valence-corrected chi connectivity index (χ3v) is 12.6. The molecule has 0 spiro atoms. The molecule has 0 radical (unpaired) electrons. The van der Waals surface area contributed by atoms with Crippen molar-refractivity contribution < 1.29 is 19.1 Å². The first-order valence-electron chi connectivity index (χ1n) is 16.7. The summed E-state index contributed by atoms with van der Waals surface area (Å²) >= 11 is 0. The molecule has 6 saturated carbocycles. The lowest BCUT2D eigenvalue weighted by molar-refractivity contribution is -0.152. The van der Waals surface area contributed by atoms with Crippen LogP contribution in [0.3, 0.4) is 0 Å². The lowest BCUT2D eigenvalue weighted by Crippen LogP contribution is -2.35. The monoisotopic (exact) mass is 558 g/mol. The molecule has 226 valence electrons. The molecule has 40 heavy (non-hydrogen) atoms. The third kappa shape index (κ3) is 5.84. The molecule has 0 heterocycles. The second kappa shape index (κ2) is 13.0. The zero-order valence-electron chi connectivity index (χ0n) is 24.4. The lowest BCUT2D eigenvalue weighted by Gasteiger charge is -2.34. The number of carbonyl (C=O) groups is 2. The molecule has 0 saturated heterocycles. The number of carbonyl (C=O) groups excluding carboxylic acids is 2. The maximum absolute atomic E-state index is 12.1. The van der Waals surface area contributed by atoms with Gasteiger partial charge in [-0.25, -0.2) is 0 Å². The van der Waals surface area contributed by atoms with Crippen molar-refractivity contribution in [3.8, 4) is 0 Å². The normalized spacial score (nSPS) is 42.4. The highest BCUT2D eigenvalue weighted by molar-refractivity contribution is 5.70. The Balaban J connectivity index is 0.762. The molecule has 4 bridgehead atoms. The Morgan fingerprint density at radius 2 is 1.10 bits per heavy atom. The van der Waals surface area contributed by atoms with E-state index in [-0.39, 0.29) is 25.2 Å². The molecule has 0 aromatic rings. The number of esters is 2. The van der Waals surface area contributed by atoms with Gasteiger partial charge in [-0.2, -0.15) is 0 Å². The summed E-state index contributed by atoms with van der Waals surface area (Å²) < 4.78 is 10.6. The number of nitrogens with one attached hydrogen (secondary N) is 2. The smallest absolute Gasteiger partial charge is 0.307 e. The van der Waals surface area contributed by atoms with Crippen LogP contribution in [0.25, 0.3) is 0 Å². The van der Waals surface area contributed by atoms with Gasteiger partial charge >= 0.3 is 11.9 Å². The fraction of sp³-hybridized carbons (Fsp3) is 0.938. The van der Waals surface area contributed by atoms with Gasteiger partial charge < -0.3 is 31.6 Å². The van der Waals surface area contributed by atoms with E-state index in [0.717, 1.165) is 97.2 Å². The van der Waals surface area contributed by atoms with Gasteiger partial charge in [-0.15, -0.1) is 0 Å². The Morgan fingerprint density at radius 3 is 1.70 bits per heavy atom. The van der Waals surface area contributed by atoms with Crippen LogP contribution in [-0.4, -0.2) is 64.4 Å². The maximum Gasteiger partial charge on any atom is 0.307 e. The number of hydrogen-bond donors (Lipinski definition) is 4. The van der Waals surface area contributed by atoms with Gasteiger partial charge in [0.2, 0.25) is 0 Å². The van der Waals surface area contributed by atoms with Crippen molar-refractivity contribution in [1.82, 2.24) is 10.6 Å². The van der Waals surface area contributed by atoms with E-state index in [1.54, 1.807) is 0 Å². The Bertz CT molecular complexity index is 885. The van der Waals surface area contributed by atoms with E-state index < -0.39 is 0 Å². The first kappa shape index (κ1) is 28.9. The molecule has 8 nitrogen and oxygen atoms in total. The van der Waals surface area contributed by atoms with E-state index in [1.807, 2.05) is 0 Å². The number of rotatable bonds is 15. The summed E-state index contributed by atoms with van der Waals surface area (Å²) in [5.74, 6) is 9.65. The highest BCUT2D eigenvalue weighted by Gasteiger charge is 2.57. The predicted octanol–water partition coefficient (Wildman–Crippen LogP) is 2.55. The number of ether oxygens (including phenoxy) is 2. The van der Waals surface area contributed by atoms with E-state index in [0.29, 0.717) is 25.9 Å². The molecule has 6 aliphatic carbocycles. The van der Waals surface area contributed by atoms with Gasteiger partial charge in [0.05, 0.1) is 12.8 Å². The van der Waals surface area contributed by atoms with Crippen molar-refractivity contribution in [1.29, 1.82) is 0 Å². The summed E-state index contributed by atoms with van der Waals surface area (Å²) in [4.78, 5) is 24.2. The van der Waals surface area contributed by atoms with Crippen molar-refractivity contribution in [3.63, 3.8) is 0 Å². The van der Waals surface area contributed by atoms with Gasteiger partial charge in [0.15, 0.2) is 0 Å². The molecule has 0 aromatic carbocycles. The summed E-state index contributed by atoms with van der Waals surface area (Å²) in [5.41, 5.74) is 12.0. The lowest BCUT2D eigenvalue weighted by atomic mass is 9.73. The van der Waals surface area contributed by atoms with E-state index >= 15 is 0 Å².